The fourth-order valence-electron chi connectivity index (χ4n) is 7.67. The van der Waals surface area contributed by atoms with Gasteiger partial charge in [0.05, 0.1) is 0 Å². The highest BCUT2D eigenvalue weighted by Gasteiger charge is 2.18. The van der Waals surface area contributed by atoms with Gasteiger partial charge in [-0.25, -0.2) is 15.0 Å². The van der Waals surface area contributed by atoms with E-state index in [2.05, 4.69) is 91.0 Å². The summed E-state index contributed by atoms with van der Waals surface area (Å²) in [7, 11) is 0. The second-order valence-electron chi connectivity index (χ2n) is 13.2. The van der Waals surface area contributed by atoms with E-state index >= 15 is 0 Å². The average Bonchev–Trinajstić information content (AvgIpc) is 3.78. The molecule has 3 heterocycles. The molecule has 11 rings (SSSR count). The van der Waals surface area contributed by atoms with E-state index in [1.54, 1.807) is 0 Å². The van der Waals surface area contributed by atoms with Crippen LogP contribution in [0.25, 0.3) is 111 Å². The molecular formula is C47H27N3O2. The van der Waals surface area contributed by atoms with Crippen molar-refractivity contribution in [3.8, 4) is 45.3 Å². The molecule has 0 aliphatic rings. The zero-order valence-electron chi connectivity index (χ0n) is 27.7. The summed E-state index contributed by atoms with van der Waals surface area (Å²) in [6.45, 7) is 0. The van der Waals surface area contributed by atoms with Crippen molar-refractivity contribution in [3.63, 3.8) is 0 Å². The van der Waals surface area contributed by atoms with E-state index in [-0.39, 0.29) is 0 Å². The van der Waals surface area contributed by atoms with E-state index in [0.29, 0.717) is 17.5 Å². The Hall–Kier alpha value is -7.11. The van der Waals surface area contributed by atoms with Crippen molar-refractivity contribution in [2.45, 2.75) is 0 Å². The van der Waals surface area contributed by atoms with Crippen molar-refractivity contribution in [2.75, 3.05) is 0 Å². The maximum atomic E-state index is 6.27. The topological polar surface area (TPSA) is 65.0 Å². The molecule has 242 valence electrons. The predicted octanol–water partition coefficient (Wildman–Crippen LogP) is 12.6. The first-order valence-corrected chi connectivity index (χ1v) is 17.3. The Morgan fingerprint density at radius 1 is 0.308 bits per heavy atom. The Morgan fingerprint density at radius 2 is 0.904 bits per heavy atom. The number of para-hydroxylation sites is 2. The van der Waals surface area contributed by atoms with Crippen LogP contribution in [0.2, 0.25) is 0 Å². The first-order chi connectivity index (χ1) is 25.7. The number of benzene rings is 8. The van der Waals surface area contributed by atoms with Crippen LogP contribution in [0.4, 0.5) is 0 Å². The number of hydrogen-bond acceptors (Lipinski definition) is 5. The highest BCUT2D eigenvalue weighted by Crippen LogP contribution is 2.39. The average molecular weight is 666 g/mol. The molecule has 11 aromatic rings. The molecule has 0 amide bonds. The van der Waals surface area contributed by atoms with Gasteiger partial charge in [-0.2, -0.15) is 0 Å². The highest BCUT2D eigenvalue weighted by molar-refractivity contribution is 6.18. The van der Waals surface area contributed by atoms with E-state index in [0.717, 1.165) is 71.7 Å². The van der Waals surface area contributed by atoms with Crippen LogP contribution in [0.15, 0.2) is 173 Å². The molecule has 0 aliphatic carbocycles. The minimum absolute atomic E-state index is 0.601. The third-order valence-electron chi connectivity index (χ3n) is 10.1. The Morgan fingerprint density at radius 3 is 1.73 bits per heavy atom. The molecule has 0 fully saturated rings. The molecule has 0 aliphatic heterocycles. The number of nitrogens with zero attached hydrogens (tertiary/aromatic N) is 3. The molecule has 8 aromatic carbocycles. The summed E-state index contributed by atoms with van der Waals surface area (Å²) in [6, 6.07) is 56.4. The molecule has 0 unspecified atom stereocenters. The fourth-order valence-corrected chi connectivity index (χ4v) is 7.67. The van der Waals surface area contributed by atoms with Gasteiger partial charge < -0.3 is 8.83 Å². The van der Waals surface area contributed by atoms with Gasteiger partial charge in [0, 0.05) is 38.2 Å². The number of fused-ring (bicyclic) bond motifs is 9. The quantitative estimate of drug-likeness (QED) is 0.175. The standard InChI is InChI=1S/C47H27N3O2/c1-2-10-29(11-3-1)45-48-46(50-47(49-45)37-16-9-19-42-44(37)36-13-5-7-18-41(36)51-42)30-22-20-28(21-23-30)32-14-8-15-33-34(32)25-24-31-26-39-35-12-4-6-17-40(35)52-43(39)27-38(31)33/h1-27H. The molecule has 0 saturated carbocycles. The Balaban J connectivity index is 1.04. The zero-order valence-corrected chi connectivity index (χ0v) is 27.7. The van der Waals surface area contributed by atoms with Crippen LogP contribution >= 0.6 is 0 Å². The van der Waals surface area contributed by atoms with Gasteiger partial charge in [-0.3, -0.25) is 0 Å². The van der Waals surface area contributed by atoms with Crippen LogP contribution in [0.5, 0.6) is 0 Å². The lowest BCUT2D eigenvalue weighted by molar-refractivity contribution is 0.669. The largest absolute Gasteiger partial charge is 0.456 e. The van der Waals surface area contributed by atoms with Crippen LogP contribution < -0.4 is 0 Å². The molecule has 0 bridgehead atoms. The monoisotopic (exact) mass is 665 g/mol. The van der Waals surface area contributed by atoms with Gasteiger partial charge >= 0.3 is 0 Å². The number of aromatic nitrogens is 3. The van der Waals surface area contributed by atoms with Gasteiger partial charge in [-0.05, 0) is 63.0 Å². The summed E-state index contributed by atoms with van der Waals surface area (Å²) < 4.78 is 12.5. The van der Waals surface area contributed by atoms with Crippen molar-refractivity contribution >= 4 is 65.4 Å². The molecule has 52 heavy (non-hydrogen) atoms. The van der Waals surface area contributed by atoms with Crippen LogP contribution in [0.3, 0.4) is 0 Å². The van der Waals surface area contributed by atoms with Crippen molar-refractivity contribution in [1.82, 2.24) is 15.0 Å². The van der Waals surface area contributed by atoms with Crippen LogP contribution in [0, 0.1) is 0 Å². The highest BCUT2D eigenvalue weighted by atomic mass is 16.3. The Bertz CT molecular complexity index is 3180. The molecule has 5 heteroatoms. The lowest BCUT2D eigenvalue weighted by atomic mass is 9.93. The first-order valence-electron chi connectivity index (χ1n) is 17.3. The van der Waals surface area contributed by atoms with E-state index in [4.69, 9.17) is 23.8 Å². The SMILES string of the molecule is c1ccc(-c2nc(-c3ccc(-c4cccc5c4ccc4cc6c(cc45)oc4ccccc46)cc3)nc(-c3cccc4oc5ccccc5c34)n2)cc1. The van der Waals surface area contributed by atoms with E-state index in [1.165, 1.54) is 21.5 Å². The molecular weight excluding hydrogens is 639 g/mol. The number of rotatable bonds is 4. The van der Waals surface area contributed by atoms with Crippen LogP contribution in [-0.2, 0) is 0 Å². The van der Waals surface area contributed by atoms with Crippen molar-refractivity contribution in [3.05, 3.63) is 164 Å². The first kappa shape index (κ1) is 28.7. The minimum Gasteiger partial charge on any atom is -0.456 e. The van der Waals surface area contributed by atoms with Crippen LogP contribution in [0.1, 0.15) is 0 Å². The Kier molecular flexibility index (Phi) is 6.18. The fraction of sp³-hybridized carbons (Fsp3) is 0. The van der Waals surface area contributed by atoms with Crippen molar-refractivity contribution in [1.29, 1.82) is 0 Å². The number of furan rings is 2. The van der Waals surface area contributed by atoms with Crippen molar-refractivity contribution in [2.24, 2.45) is 0 Å². The second-order valence-corrected chi connectivity index (χ2v) is 13.2. The minimum atomic E-state index is 0.601. The molecule has 3 aromatic heterocycles. The molecule has 0 spiro atoms. The summed E-state index contributed by atoms with van der Waals surface area (Å²) in [5, 5.41) is 9.05. The summed E-state index contributed by atoms with van der Waals surface area (Å²) >= 11 is 0. The maximum absolute atomic E-state index is 6.27. The van der Waals surface area contributed by atoms with Gasteiger partial charge in [0.2, 0.25) is 0 Å². The molecule has 0 saturated heterocycles. The number of hydrogen-bond donors (Lipinski definition) is 0. The predicted molar refractivity (Wildman–Crippen MR) is 211 cm³/mol. The third kappa shape index (κ3) is 4.46. The second kappa shape index (κ2) is 11.2. The third-order valence-corrected chi connectivity index (χ3v) is 10.1. The molecule has 5 nitrogen and oxygen atoms in total. The molecule has 0 radical (unpaired) electrons. The van der Waals surface area contributed by atoms with Crippen LogP contribution in [-0.4, -0.2) is 15.0 Å². The summed E-state index contributed by atoms with van der Waals surface area (Å²) in [6.07, 6.45) is 0. The summed E-state index contributed by atoms with van der Waals surface area (Å²) in [4.78, 5) is 15.1. The van der Waals surface area contributed by atoms with Gasteiger partial charge in [-0.15, -0.1) is 0 Å². The smallest absolute Gasteiger partial charge is 0.164 e. The molecule has 0 atom stereocenters. The van der Waals surface area contributed by atoms with Crippen molar-refractivity contribution < 1.29 is 8.83 Å². The lowest BCUT2D eigenvalue weighted by Gasteiger charge is -2.11. The van der Waals surface area contributed by atoms with E-state index in [1.807, 2.05) is 72.8 Å². The lowest BCUT2D eigenvalue weighted by Crippen LogP contribution is -2.00. The molecule has 0 N–H and O–H groups in total. The Labute approximate surface area is 297 Å². The normalized spacial score (nSPS) is 11.8. The van der Waals surface area contributed by atoms with Gasteiger partial charge in [-0.1, -0.05) is 133 Å². The zero-order chi connectivity index (χ0) is 34.2. The summed E-state index contributed by atoms with van der Waals surface area (Å²) in [5.41, 5.74) is 8.47. The summed E-state index contributed by atoms with van der Waals surface area (Å²) in [5.74, 6) is 1.83. The van der Waals surface area contributed by atoms with E-state index in [9.17, 15) is 0 Å². The van der Waals surface area contributed by atoms with Gasteiger partial charge in [0.25, 0.3) is 0 Å². The van der Waals surface area contributed by atoms with Gasteiger partial charge in [0.15, 0.2) is 17.5 Å². The maximum Gasteiger partial charge on any atom is 0.164 e. The van der Waals surface area contributed by atoms with Gasteiger partial charge in [0.1, 0.15) is 22.3 Å². The van der Waals surface area contributed by atoms with E-state index < -0.39 is 0 Å².